The summed E-state index contributed by atoms with van der Waals surface area (Å²) in [4.78, 5) is 0. The van der Waals surface area contributed by atoms with Crippen molar-refractivity contribution in [2.24, 2.45) is 0 Å². The summed E-state index contributed by atoms with van der Waals surface area (Å²) in [6.45, 7) is 0. The molecule has 3 heteroatoms. The second-order valence-corrected chi connectivity index (χ2v) is 5.02. The second kappa shape index (κ2) is 3.55. The number of nitrogens with one attached hydrogen (secondary N) is 1. The molecule has 16 heavy (non-hydrogen) atoms. The van der Waals surface area contributed by atoms with E-state index in [0.717, 1.165) is 0 Å². The molecule has 3 rings (SSSR count). The lowest BCUT2D eigenvalue weighted by Gasteiger charge is -2.22. The van der Waals surface area contributed by atoms with Crippen molar-refractivity contribution in [3.8, 4) is 0 Å². The van der Waals surface area contributed by atoms with Crippen molar-refractivity contribution in [3.05, 3.63) is 35.9 Å². The van der Waals surface area contributed by atoms with Crippen LogP contribution in [0.3, 0.4) is 0 Å². The minimum atomic E-state index is -0.708. The van der Waals surface area contributed by atoms with Crippen LogP contribution in [0.5, 0.6) is 0 Å². The molecule has 1 saturated carbocycles. The van der Waals surface area contributed by atoms with E-state index in [1.165, 1.54) is 5.56 Å². The first-order valence-corrected chi connectivity index (χ1v) is 5.90. The monoisotopic (exact) mass is 219 g/mol. The molecule has 0 spiro atoms. The van der Waals surface area contributed by atoms with Gasteiger partial charge >= 0.3 is 0 Å². The number of hydrogen-bond acceptors (Lipinski definition) is 3. The van der Waals surface area contributed by atoms with E-state index in [1.54, 1.807) is 0 Å². The standard InChI is InChI=1S/C13H17NO2/c15-11-6-7-13(16)8-10(14-12(11)13)9-4-2-1-3-5-9/h1-5,10-12,14-16H,6-8H2/t10-,11-,12+,13-/m0/s1. The molecule has 3 nitrogen and oxygen atoms in total. The fourth-order valence-corrected chi connectivity index (χ4v) is 3.10. The highest BCUT2D eigenvalue weighted by Crippen LogP contribution is 2.43. The molecule has 1 aromatic rings. The highest BCUT2D eigenvalue weighted by Gasteiger charge is 2.53. The van der Waals surface area contributed by atoms with Crippen LogP contribution in [-0.4, -0.2) is 28.0 Å². The van der Waals surface area contributed by atoms with Gasteiger partial charge in [-0.2, -0.15) is 0 Å². The van der Waals surface area contributed by atoms with Gasteiger partial charge in [0, 0.05) is 6.04 Å². The molecular weight excluding hydrogens is 202 g/mol. The van der Waals surface area contributed by atoms with Crippen molar-refractivity contribution in [2.75, 3.05) is 0 Å². The zero-order valence-corrected chi connectivity index (χ0v) is 9.13. The lowest BCUT2D eigenvalue weighted by molar-refractivity contribution is 0.0247. The summed E-state index contributed by atoms with van der Waals surface area (Å²) >= 11 is 0. The van der Waals surface area contributed by atoms with Crippen molar-refractivity contribution in [1.82, 2.24) is 5.32 Å². The maximum absolute atomic E-state index is 10.4. The molecule has 4 atom stereocenters. The zero-order valence-electron chi connectivity index (χ0n) is 9.13. The molecule has 86 valence electrons. The number of rotatable bonds is 1. The highest BCUT2D eigenvalue weighted by molar-refractivity contribution is 5.24. The Balaban J connectivity index is 1.84. The predicted molar refractivity (Wildman–Crippen MR) is 60.9 cm³/mol. The van der Waals surface area contributed by atoms with Gasteiger partial charge in [0.05, 0.1) is 17.7 Å². The third-order valence-electron chi connectivity index (χ3n) is 3.98. The molecule has 1 aliphatic carbocycles. The minimum absolute atomic E-state index is 0.155. The van der Waals surface area contributed by atoms with E-state index >= 15 is 0 Å². The minimum Gasteiger partial charge on any atom is -0.391 e. The Morgan fingerprint density at radius 3 is 2.69 bits per heavy atom. The highest BCUT2D eigenvalue weighted by atomic mass is 16.3. The maximum Gasteiger partial charge on any atom is 0.0844 e. The van der Waals surface area contributed by atoms with Crippen LogP contribution in [0.1, 0.15) is 30.9 Å². The van der Waals surface area contributed by atoms with E-state index in [0.29, 0.717) is 19.3 Å². The number of aliphatic hydroxyl groups excluding tert-OH is 1. The maximum atomic E-state index is 10.4. The first kappa shape index (κ1) is 10.3. The van der Waals surface area contributed by atoms with E-state index in [1.807, 2.05) is 18.2 Å². The summed E-state index contributed by atoms with van der Waals surface area (Å²) in [6.07, 6.45) is 1.71. The van der Waals surface area contributed by atoms with E-state index in [4.69, 9.17) is 0 Å². The molecule has 1 saturated heterocycles. The Bertz CT molecular complexity index is 381. The van der Waals surface area contributed by atoms with Crippen molar-refractivity contribution < 1.29 is 10.2 Å². The second-order valence-electron chi connectivity index (χ2n) is 5.02. The molecule has 1 aromatic carbocycles. The molecule has 0 radical (unpaired) electrons. The topological polar surface area (TPSA) is 52.5 Å². The van der Waals surface area contributed by atoms with Gasteiger partial charge in [-0.15, -0.1) is 0 Å². The van der Waals surface area contributed by atoms with Crippen molar-refractivity contribution in [3.63, 3.8) is 0 Å². The van der Waals surface area contributed by atoms with Gasteiger partial charge in [0.1, 0.15) is 0 Å². The molecule has 0 amide bonds. The molecule has 2 fully saturated rings. The molecule has 1 aliphatic heterocycles. The van der Waals surface area contributed by atoms with E-state index in [9.17, 15) is 10.2 Å². The summed E-state index contributed by atoms with van der Waals surface area (Å²) in [5.74, 6) is 0. The summed E-state index contributed by atoms with van der Waals surface area (Å²) in [5.41, 5.74) is 0.484. The smallest absolute Gasteiger partial charge is 0.0844 e. The van der Waals surface area contributed by atoms with Gasteiger partial charge in [0.15, 0.2) is 0 Å². The average Bonchev–Trinajstić information content (AvgIpc) is 2.78. The number of aliphatic hydroxyl groups is 2. The lowest BCUT2D eigenvalue weighted by Crippen LogP contribution is -2.43. The fourth-order valence-electron chi connectivity index (χ4n) is 3.10. The van der Waals surface area contributed by atoms with Gasteiger partial charge in [0.25, 0.3) is 0 Å². The Labute approximate surface area is 95.1 Å². The normalized spacial score (nSPS) is 42.2. The van der Waals surface area contributed by atoms with Crippen LogP contribution < -0.4 is 5.32 Å². The summed E-state index contributed by atoms with van der Waals surface area (Å²) < 4.78 is 0. The fraction of sp³-hybridized carbons (Fsp3) is 0.538. The average molecular weight is 219 g/mol. The summed E-state index contributed by atoms with van der Waals surface area (Å²) in [5, 5.41) is 23.6. The predicted octanol–water partition coefficient (Wildman–Crippen LogP) is 0.975. The SMILES string of the molecule is O[C@H]1CC[C@]2(O)C[C@@H](c3ccccc3)N[C@H]12. The Morgan fingerprint density at radius 2 is 2.00 bits per heavy atom. The molecule has 0 unspecified atom stereocenters. The molecule has 2 aliphatic rings. The van der Waals surface area contributed by atoms with Gasteiger partial charge in [-0.3, -0.25) is 0 Å². The Morgan fingerprint density at radius 1 is 1.25 bits per heavy atom. The van der Waals surface area contributed by atoms with Crippen LogP contribution in [0.4, 0.5) is 0 Å². The number of hydrogen-bond donors (Lipinski definition) is 3. The van der Waals surface area contributed by atoms with Crippen molar-refractivity contribution in [2.45, 2.75) is 43.1 Å². The first-order valence-electron chi connectivity index (χ1n) is 5.90. The van der Waals surface area contributed by atoms with Gasteiger partial charge in [-0.25, -0.2) is 0 Å². The Hall–Kier alpha value is -0.900. The molecular formula is C13H17NO2. The van der Waals surface area contributed by atoms with E-state index in [-0.39, 0.29) is 12.1 Å². The van der Waals surface area contributed by atoms with Crippen LogP contribution in [-0.2, 0) is 0 Å². The van der Waals surface area contributed by atoms with Crippen LogP contribution in [0, 0.1) is 0 Å². The molecule has 1 heterocycles. The van der Waals surface area contributed by atoms with E-state index in [2.05, 4.69) is 17.4 Å². The first-order chi connectivity index (χ1) is 7.69. The lowest BCUT2D eigenvalue weighted by atomic mass is 9.93. The Kier molecular flexibility index (Phi) is 2.28. The molecule has 0 aromatic heterocycles. The largest absolute Gasteiger partial charge is 0.391 e. The van der Waals surface area contributed by atoms with Crippen LogP contribution in [0.15, 0.2) is 30.3 Å². The van der Waals surface area contributed by atoms with Gasteiger partial charge in [-0.1, -0.05) is 30.3 Å². The number of fused-ring (bicyclic) bond motifs is 1. The third kappa shape index (κ3) is 1.47. The molecule has 3 N–H and O–H groups in total. The van der Waals surface area contributed by atoms with Crippen LogP contribution in [0.2, 0.25) is 0 Å². The van der Waals surface area contributed by atoms with Crippen LogP contribution >= 0.6 is 0 Å². The van der Waals surface area contributed by atoms with Crippen molar-refractivity contribution in [1.29, 1.82) is 0 Å². The third-order valence-corrected chi connectivity index (χ3v) is 3.98. The quantitative estimate of drug-likeness (QED) is 0.660. The number of benzene rings is 1. The van der Waals surface area contributed by atoms with Crippen molar-refractivity contribution >= 4 is 0 Å². The van der Waals surface area contributed by atoms with Gasteiger partial charge in [0.2, 0.25) is 0 Å². The zero-order chi connectivity index (χ0) is 11.2. The van der Waals surface area contributed by atoms with E-state index < -0.39 is 11.7 Å². The summed E-state index contributed by atoms with van der Waals surface area (Å²) in [7, 11) is 0. The van der Waals surface area contributed by atoms with Gasteiger partial charge < -0.3 is 15.5 Å². The van der Waals surface area contributed by atoms with Crippen LogP contribution in [0.25, 0.3) is 0 Å². The summed E-state index contributed by atoms with van der Waals surface area (Å²) in [6, 6.07) is 10.1. The molecule has 0 bridgehead atoms. The van der Waals surface area contributed by atoms with Gasteiger partial charge in [-0.05, 0) is 24.8 Å².